The Morgan fingerprint density at radius 1 is 1.42 bits per heavy atom. The summed E-state index contributed by atoms with van der Waals surface area (Å²) in [5.41, 5.74) is 0.270. The van der Waals surface area contributed by atoms with Crippen molar-refractivity contribution >= 4 is 27.4 Å². The van der Waals surface area contributed by atoms with Crippen LogP contribution >= 0.6 is 0 Å². The van der Waals surface area contributed by atoms with Crippen LogP contribution < -0.4 is 10.2 Å². The van der Waals surface area contributed by atoms with Gasteiger partial charge in [0.15, 0.2) is 9.84 Å². The molecule has 0 aliphatic carbocycles. The highest BCUT2D eigenvalue weighted by Gasteiger charge is 2.31. The Hall–Kier alpha value is -1.83. The second kappa shape index (κ2) is 6.96. The van der Waals surface area contributed by atoms with E-state index in [1.54, 1.807) is 33.0 Å². The maximum atomic E-state index is 11.7. The molecule has 1 fully saturated rings. The molecule has 0 saturated carbocycles. The van der Waals surface area contributed by atoms with Gasteiger partial charge in [-0.05, 0) is 46.2 Å². The predicted octanol–water partition coefficient (Wildman–Crippen LogP) is 2.44. The Balaban J connectivity index is 2.04. The zero-order valence-corrected chi connectivity index (χ0v) is 15.4. The minimum atomic E-state index is -2.94. The van der Waals surface area contributed by atoms with E-state index in [0.717, 1.165) is 5.69 Å². The molecular formula is C16H25N3O4S. The summed E-state index contributed by atoms with van der Waals surface area (Å²) in [6.07, 6.45) is 1.71. The van der Waals surface area contributed by atoms with E-state index in [0.29, 0.717) is 18.8 Å². The van der Waals surface area contributed by atoms with Crippen LogP contribution in [0.15, 0.2) is 18.3 Å². The molecule has 0 aromatic carbocycles. The van der Waals surface area contributed by atoms with Crippen LogP contribution in [0, 0.1) is 0 Å². The Kier molecular flexibility index (Phi) is 5.37. The van der Waals surface area contributed by atoms with Crippen molar-refractivity contribution in [1.29, 1.82) is 0 Å². The number of sulfone groups is 1. The molecule has 2 rings (SSSR count). The van der Waals surface area contributed by atoms with Crippen LogP contribution in [0.3, 0.4) is 0 Å². The number of nitrogens with zero attached hydrogens (tertiary/aromatic N) is 2. The van der Waals surface area contributed by atoms with Crippen molar-refractivity contribution in [2.75, 3.05) is 28.3 Å². The summed E-state index contributed by atoms with van der Waals surface area (Å²) < 4.78 is 28.5. The monoisotopic (exact) mass is 355 g/mol. The highest BCUT2D eigenvalue weighted by atomic mass is 32.2. The maximum Gasteiger partial charge on any atom is 0.413 e. The summed E-state index contributed by atoms with van der Waals surface area (Å²) in [6.45, 7) is 8.05. The van der Waals surface area contributed by atoms with Crippen LogP contribution in [0.25, 0.3) is 0 Å². The van der Waals surface area contributed by atoms with Gasteiger partial charge < -0.3 is 9.64 Å². The van der Waals surface area contributed by atoms with Crippen molar-refractivity contribution in [1.82, 2.24) is 4.98 Å². The van der Waals surface area contributed by atoms with Gasteiger partial charge in [-0.25, -0.2) is 18.2 Å². The molecule has 7 nitrogen and oxygen atoms in total. The first-order valence-electron chi connectivity index (χ1n) is 8.03. The fourth-order valence-electron chi connectivity index (χ4n) is 2.71. The van der Waals surface area contributed by atoms with Gasteiger partial charge in [0.2, 0.25) is 0 Å². The van der Waals surface area contributed by atoms with Gasteiger partial charge in [0, 0.05) is 12.6 Å². The quantitative estimate of drug-likeness (QED) is 0.892. The minimum Gasteiger partial charge on any atom is -0.444 e. The number of amides is 1. The van der Waals surface area contributed by atoms with Crippen LogP contribution in [0.4, 0.5) is 16.3 Å². The van der Waals surface area contributed by atoms with Crippen molar-refractivity contribution in [2.24, 2.45) is 0 Å². The molecule has 1 atom stereocenters. The molecule has 1 aromatic rings. The third kappa shape index (κ3) is 5.09. The van der Waals surface area contributed by atoms with Gasteiger partial charge in [-0.1, -0.05) is 0 Å². The average Bonchev–Trinajstić information content (AvgIpc) is 2.79. The molecule has 0 bridgehead atoms. The SMILES string of the molecule is CCN(c1ccc(NC(=O)OC(C)(C)C)nc1)C1CCS(=O)(=O)C1. The smallest absolute Gasteiger partial charge is 0.413 e. The summed E-state index contributed by atoms with van der Waals surface area (Å²) in [5.74, 6) is 0.807. The number of hydrogen-bond donors (Lipinski definition) is 1. The highest BCUT2D eigenvalue weighted by Crippen LogP contribution is 2.24. The zero-order valence-electron chi connectivity index (χ0n) is 14.6. The number of ether oxygens (including phenoxy) is 1. The molecule has 24 heavy (non-hydrogen) atoms. The molecule has 8 heteroatoms. The van der Waals surface area contributed by atoms with E-state index in [1.165, 1.54) is 0 Å². The Labute approximate surface area is 143 Å². The summed E-state index contributed by atoms with van der Waals surface area (Å²) in [7, 11) is -2.94. The number of rotatable bonds is 4. The first-order chi connectivity index (χ1) is 11.1. The number of carbonyl (C=O) groups excluding carboxylic acids is 1. The number of nitrogens with one attached hydrogen (secondary N) is 1. The van der Waals surface area contributed by atoms with E-state index in [9.17, 15) is 13.2 Å². The number of anilines is 2. The zero-order chi connectivity index (χ0) is 18.0. The maximum absolute atomic E-state index is 11.7. The van der Waals surface area contributed by atoms with Crippen molar-refractivity contribution in [3.63, 3.8) is 0 Å². The second-order valence-electron chi connectivity index (χ2n) is 6.87. The van der Waals surface area contributed by atoms with Gasteiger partial charge in [0.25, 0.3) is 0 Å². The van der Waals surface area contributed by atoms with Crippen LogP contribution in [0.1, 0.15) is 34.1 Å². The number of aromatic nitrogens is 1. The molecule has 1 aliphatic heterocycles. The largest absolute Gasteiger partial charge is 0.444 e. The van der Waals surface area contributed by atoms with Gasteiger partial charge in [-0.3, -0.25) is 5.32 Å². The van der Waals surface area contributed by atoms with Gasteiger partial charge >= 0.3 is 6.09 Å². The lowest BCUT2D eigenvalue weighted by Crippen LogP contribution is -2.36. The molecule has 134 valence electrons. The fourth-order valence-corrected chi connectivity index (χ4v) is 4.44. The average molecular weight is 355 g/mol. The minimum absolute atomic E-state index is 0.0218. The first-order valence-corrected chi connectivity index (χ1v) is 9.85. The second-order valence-corrected chi connectivity index (χ2v) is 9.10. The summed E-state index contributed by atoms with van der Waals surface area (Å²) >= 11 is 0. The van der Waals surface area contributed by atoms with E-state index in [-0.39, 0.29) is 17.5 Å². The normalized spacial score (nSPS) is 19.8. The predicted molar refractivity (Wildman–Crippen MR) is 94.2 cm³/mol. The van der Waals surface area contributed by atoms with Crippen molar-refractivity contribution in [2.45, 2.75) is 45.8 Å². The molecule has 0 spiro atoms. The number of hydrogen-bond acceptors (Lipinski definition) is 6. The molecule has 1 aliphatic rings. The summed E-state index contributed by atoms with van der Waals surface area (Å²) in [6, 6.07) is 3.49. The molecule has 1 saturated heterocycles. The Morgan fingerprint density at radius 3 is 2.58 bits per heavy atom. The molecule has 1 aromatic heterocycles. The van der Waals surface area contributed by atoms with Crippen LogP contribution in [-0.2, 0) is 14.6 Å². The summed E-state index contributed by atoms with van der Waals surface area (Å²) in [4.78, 5) is 18.0. The standard InChI is InChI=1S/C16H25N3O4S/c1-5-19(13-8-9-24(21,22)11-13)12-6-7-14(17-10-12)18-15(20)23-16(2,3)4/h6-7,10,13H,5,8-9,11H2,1-4H3,(H,17,18,20). The van der Waals surface area contributed by atoms with Gasteiger partial charge in [-0.2, -0.15) is 0 Å². The van der Waals surface area contributed by atoms with Crippen molar-refractivity contribution < 1.29 is 17.9 Å². The number of carbonyl (C=O) groups is 1. The van der Waals surface area contributed by atoms with E-state index in [2.05, 4.69) is 10.3 Å². The van der Waals surface area contributed by atoms with E-state index in [4.69, 9.17) is 4.74 Å². The third-order valence-corrected chi connectivity index (χ3v) is 5.45. The molecule has 1 unspecified atom stereocenters. The topological polar surface area (TPSA) is 88.6 Å². The molecule has 2 heterocycles. The van der Waals surface area contributed by atoms with E-state index >= 15 is 0 Å². The molecule has 1 amide bonds. The summed E-state index contributed by atoms with van der Waals surface area (Å²) in [5, 5.41) is 2.58. The fraction of sp³-hybridized carbons (Fsp3) is 0.625. The number of pyridine rings is 1. The Morgan fingerprint density at radius 2 is 2.12 bits per heavy atom. The lowest BCUT2D eigenvalue weighted by molar-refractivity contribution is 0.0635. The lowest BCUT2D eigenvalue weighted by Gasteiger charge is -2.28. The van der Waals surface area contributed by atoms with Gasteiger partial charge in [0.05, 0.1) is 23.4 Å². The van der Waals surface area contributed by atoms with Crippen molar-refractivity contribution in [3.05, 3.63) is 18.3 Å². The van der Waals surface area contributed by atoms with Crippen LogP contribution in [0.2, 0.25) is 0 Å². The lowest BCUT2D eigenvalue weighted by atomic mass is 10.2. The van der Waals surface area contributed by atoms with Gasteiger partial charge in [-0.15, -0.1) is 0 Å². The van der Waals surface area contributed by atoms with Crippen molar-refractivity contribution in [3.8, 4) is 0 Å². The van der Waals surface area contributed by atoms with E-state index < -0.39 is 21.5 Å². The Bertz CT molecular complexity index is 680. The molecule has 1 N–H and O–H groups in total. The van der Waals surface area contributed by atoms with Crippen LogP contribution in [-0.4, -0.2) is 49.2 Å². The molecule has 0 radical (unpaired) electrons. The van der Waals surface area contributed by atoms with E-state index in [1.807, 2.05) is 17.9 Å². The van der Waals surface area contributed by atoms with Gasteiger partial charge in [0.1, 0.15) is 11.4 Å². The first kappa shape index (κ1) is 18.5. The highest BCUT2D eigenvalue weighted by molar-refractivity contribution is 7.91. The van der Waals surface area contributed by atoms with Crippen LogP contribution in [0.5, 0.6) is 0 Å². The third-order valence-electron chi connectivity index (χ3n) is 3.70. The molecular weight excluding hydrogens is 330 g/mol.